The number of hydrogen-bond acceptors (Lipinski definition) is 6. The number of esters is 1. The number of hydrogen-bond donors (Lipinski definition) is 0. The zero-order valence-corrected chi connectivity index (χ0v) is 14.9. The van der Waals surface area contributed by atoms with Crippen LogP contribution in [0.4, 0.5) is 4.39 Å². The highest BCUT2D eigenvalue weighted by molar-refractivity contribution is 7.16. The third-order valence-electron chi connectivity index (χ3n) is 3.96. The molecule has 1 aromatic heterocycles. The monoisotopic (exact) mass is 388 g/mol. The zero-order chi connectivity index (χ0) is 19.0. The lowest BCUT2D eigenvalue weighted by Crippen LogP contribution is -2.22. The van der Waals surface area contributed by atoms with E-state index in [0.717, 1.165) is 10.8 Å². The van der Waals surface area contributed by atoms with Gasteiger partial charge in [0.15, 0.2) is 16.3 Å². The lowest BCUT2D eigenvalue weighted by molar-refractivity contribution is -0.141. The minimum atomic E-state index is -0.611. The third kappa shape index (κ3) is 3.28. The largest absolute Gasteiger partial charge is 0.468 e. The molecule has 7 nitrogen and oxygen atoms in total. The van der Waals surface area contributed by atoms with Gasteiger partial charge in [0.05, 0.1) is 17.3 Å². The van der Waals surface area contributed by atoms with Crippen molar-refractivity contribution in [2.45, 2.75) is 6.54 Å². The smallest absolute Gasteiger partial charge is 0.325 e. The van der Waals surface area contributed by atoms with E-state index in [1.54, 1.807) is 16.7 Å². The Hall–Kier alpha value is -3.20. The van der Waals surface area contributed by atoms with Gasteiger partial charge in [-0.1, -0.05) is 17.4 Å². The Morgan fingerprint density at radius 1 is 1.26 bits per heavy atom. The Bertz CT molecular complexity index is 1130. The predicted octanol–water partition coefficient (Wildman–Crippen LogP) is 2.48. The first-order chi connectivity index (χ1) is 13.0. The van der Waals surface area contributed by atoms with E-state index >= 15 is 0 Å². The molecule has 0 N–H and O–H groups in total. The zero-order valence-electron chi connectivity index (χ0n) is 14.1. The van der Waals surface area contributed by atoms with Gasteiger partial charge in [0.1, 0.15) is 12.4 Å². The van der Waals surface area contributed by atoms with Crippen molar-refractivity contribution < 1.29 is 28.2 Å². The number of methoxy groups -OCH3 is 1. The molecule has 9 heteroatoms. The number of halogens is 1. The fourth-order valence-electron chi connectivity index (χ4n) is 2.66. The SMILES string of the molecule is COC(=O)Cn1c(=NC(=O)c2cccc(F)c2)sc2cc3c(cc21)OCO3. The highest BCUT2D eigenvalue weighted by Gasteiger charge is 2.19. The summed E-state index contributed by atoms with van der Waals surface area (Å²) < 4.78 is 31.2. The molecule has 2 heterocycles. The average Bonchev–Trinajstić information content (AvgIpc) is 3.24. The summed E-state index contributed by atoms with van der Waals surface area (Å²) in [4.78, 5) is 28.7. The maximum atomic E-state index is 13.4. The minimum Gasteiger partial charge on any atom is -0.468 e. The molecular weight excluding hydrogens is 375 g/mol. The van der Waals surface area contributed by atoms with Gasteiger partial charge >= 0.3 is 5.97 Å². The van der Waals surface area contributed by atoms with Gasteiger partial charge in [-0.2, -0.15) is 4.99 Å². The van der Waals surface area contributed by atoms with Gasteiger partial charge in [0.2, 0.25) is 6.79 Å². The topological polar surface area (TPSA) is 79.1 Å². The molecule has 0 spiro atoms. The fraction of sp³-hybridized carbons (Fsp3) is 0.167. The number of nitrogens with zero attached hydrogens (tertiary/aromatic N) is 2. The van der Waals surface area contributed by atoms with Gasteiger partial charge in [-0.3, -0.25) is 9.59 Å². The molecule has 27 heavy (non-hydrogen) atoms. The van der Waals surface area contributed by atoms with Crippen molar-refractivity contribution in [2.75, 3.05) is 13.9 Å². The lowest BCUT2D eigenvalue weighted by Gasteiger charge is -2.04. The highest BCUT2D eigenvalue weighted by atomic mass is 32.1. The first-order valence-corrected chi connectivity index (χ1v) is 8.71. The predicted molar refractivity (Wildman–Crippen MR) is 94.2 cm³/mol. The van der Waals surface area contributed by atoms with Crippen LogP contribution >= 0.6 is 11.3 Å². The number of ether oxygens (including phenoxy) is 3. The van der Waals surface area contributed by atoms with Crippen molar-refractivity contribution in [3.63, 3.8) is 0 Å². The maximum absolute atomic E-state index is 13.4. The number of fused-ring (bicyclic) bond motifs is 2. The second-order valence-corrected chi connectivity index (χ2v) is 6.66. The fourth-order valence-corrected chi connectivity index (χ4v) is 3.70. The van der Waals surface area contributed by atoms with E-state index in [1.807, 2.05) is 0 Å². The molecule has 138 valence electrons. The summed E-state index contributed by atoms with van der Waals surface area (Å²) >= 11 is 1.21. The number of carbonyl (C=O) groups excluding carboxylic acids is 2. The first kappa shape index (κ1) is 17.2. The van der Waals surface area contributed by atoms with Crippen LogP contribution in [0.1, 0.15) is 10.4 Å². The van der Waals surface area contributed by atoms with Crippen LogP contribution in [0.25, 0.3) is 10.2 Å². The van der Waals surface area contributed by atoms with E-state index in [9.17, 15) is 14.0 Å². The number of carbonyl (C=O) groups is 2. The molecule has 1 amide bonds. The molecule has 0 saturated carbocycles. The molecule has 0 bridgehead atoms. The van der Waals surface area contributed by atoms with Gasteiger partial charge in [-0.05, 0) is 18.2 Å². The molecule has 0 radical (unpaired) electrons. The number of rotatable bonds is 3. The van der Waals surface area contributed by atoms with E-state index in [-0.39, 0.29) is 23.7 Å². The summed E-state index contributed by atoms with van der Waals surface area (Å²) in [5, 5.41) is 0. The van der Waals surface area contributed by atoms with Crippen molar-refractivity contribution in [3.05, 3.63) is 52.6 Å². The van der Waals surface area contributed by atoms with E-state index in [2.05, 4.69) is 4.99 Å². The molecule has 0 unspecified atom stereocenters. The van der Waals surface area contributed by atoms with Crippen molar-refractivity contribution in [1.82, 2.24) is 4.57 Å². The van der Waals surface area contributed by atoms with Crippen LogP contribution < -0.4 is 14.3 Å². The minimum absolute atomic E-state index is 0.117. The number of thiazole rings is 1. The molecule has 1 aliphatic rings. The average molecular weight is 388 g/mol. The summed E-state index contributed by atoms with van der Waals surface area (Å²) in [6.45, 7) is -0.00962. The summed E-state index contributed by atoms with van der Waals surface area (Å²) in [6.07, 6.45) is 0. The van der Waals surface area contributed by atoms with Crippen LogP contribution in [0.2, 0.25) is 0 Å². The Labute approximate surface area is 156 Å². The molecule has 0 fully saturated rings. The Morgan fingerprint density at radius 3 is 2.78 bits per heavy atom. The second kappa shape index (κ2) is 6.84. The van der Waals surface area contributed by atoms with Gasteiger partial charge in [0, 0.05) is 17.7 Å². The van der Waals surface area contributed by atoms with E-state index in [0.29, 0.717) is 17.0 Å². The first-order valence-electron chi connectivity index (χ1n) is 7.89. The normalized spacial score (nSPS) is 13.2. The van der Waals surface area contributed by atoms with E-state index in [4.69, 9.17) is 14.2 Å². The quantitative estimate of drug-likeness (QED) is 0.644. The van der Waals surface area contributed by atoms with Crippen LogP contribution in [0.15, 0.2) is 41.4 Å². The number of aromatic nitrogens is 1. The van der Waals surface area contributed by atoms with Crippen LogP contribution in [-0.2, 0) is 16.1 Å². The Morgan fingerprint density at radius 2 is 2.04 bits per heavy atom. The highest BCUT2D eigenvalue weighted by Crippen LogP contribution is 2.37. The second-order valence-electron chi connectivity index (χ2n) is 5.65. The molecular formula is C18H13FN2O5S. The van der Waals surface area contributed by atoms with E-state index in [1.165, 1.54) is 36.6 Å². The van der Waals surface area contributed by atoms with Crippen molar-refractivity contribution in [3.8, 4) is 11.5 Å². The van der Waals surface area contributed by atoms with Gasteiger partial charge in [-0.25, -0.2) is 4.39 Å². The van der Waals surface area contributed by atoms with Gasteiger partial charge < -0.3 is 18.8 Å². The van der Waals surface area contributed by atoms with E-state index < -0.39 is 17.7 Å². The van der Waals surface area contributed by atoms with Crippen molar-refractivity contribution in [1.29, 1.82) is 0 Å². The van der Waals surface area contributed by atoms with Gasteiger partial charge in [-0.15, -0.1) is 0 Å². The third-order valence-corrected chi connectivity index (χ3v) is 5.00. The molecule has 0 aliphatic carbocycles. The summed E-state index contributed by atoms with van der Waals surface area (Å²) in [5.41, 5.74) is 0.770. The van der Waals surface area contributed by atoms with Gasteiger partial charge in [0.25, 0.3) is 5.91 Å². The Kier molecular flexibility index (Phi) is 4.36. The molecule has 0 atom stereocenters. The van der Waals surface area contributed by atoms with Crippen LogP contribution in [0.5, 0.6) is 11.5 Å². The Balaban J connectivity index is 1.86. The van der Waals surface area contributed by atoms with Crippen molar-refractivity contribution in [2.24, 2.45) is 4.99 Å². The number of benzene rings is 2. The standard InChI is InChI=1S/C18H13FN2O5S/c1-24-16(22)8-21-12-6-13-14(26-9-25-13)7-15(12)27-18(21)20-17(23)10-3-2-4-11(19)5-10/h2-7H,8-9H2,1H3. The summed E-state index contributed by atoms with van der Waals surface area (Å²) in [7, 11) is 1.28. The van der Waals surface area contributed by atoms with Crippen molar-refractivity contribution >= 4 is 33.4 Å². The van der Waals surface area contributed by atoms with Crippen LogP contribution in [-0.4, -0.2) is 30.3 Å². The molecule has 2 aromatic carbocycles. The molecule has 1 aliphatic heterocycles. The number of amides is 1. The molecule has 0 saturated heterocycles. The summed E-state index contributed by atoms with van der Waals surface area (Å²) in [6, 6.07) is 8.76. The maximum Gasteiger partial charge on any atom is 0.325 e. The molecule has 4 rings (SSSR count). The molecule has 3 aromatic rings. The van der Waals surface area contributed by atoms with Crippen LogP contribution in [0, 0.1) is 5.82 Å². The summed E-state index contributed by atoms with van der Waals surface area (Å²) in [5.74, 6) is -0.508. The lowest BCUT2D eigenvalue weighted by atomic mass is 10.2. The van der Waals surface area contributed by atoms with Crippen LogP contribution in [0.3, 0.4) is 0 Å².